The van der Waals surface area contributed by atoms with Crippen molar-refractivity contribution < 1.29 is 4.79 Å². The normalized spacial score (nSPS) is 10.4. The van der Waals surface area contributed by atoms with Crippen LogP contribution in [0.3, 0.4) is 0 Å². The van der Waals surface area contributed by atoms with E-state index >= 15 is 0 Å². The minimum Gasteiger partial charge on any atom is -0.308 e. The van der Waals surface area contributed by atoms with Crippen LogP contribution >= 0.6 is 0 Å². The van der Waals surface area contributed by atoms with Gasteiger partial charge >= 0.3 is 0 Å². The minimum atomic E-state index is -0.130. The zero-order chi connectivity index (χ0) is 13.8. The molecule has 0 aliphatic carbocycles. The lowest BCUT2D eigenvalue weighted by Gasteiger charge is -2.05. The summed E-state index contributed by atoms with van der Waals surface area (Å²) in [6.07, 6.45) is 7.06. The summed E-state index contributed by atoms with van der Waals surface area (Å²) < 4.78 is 1.90. The molecule has 1 amide bonds. The molecule has 2 heterocycles. The Kier molecular flexibility index (Phi) is 3.24. The van der Waals surface area contributed by atoms with Gasteiger partial charge < -0.3 is 9.88 Å². The average Bonchev–Trinajstić information content (AvgIpc) is 3.12. The molecule has 3 aromatic rings. The number of rotatable bonds is 4. The van der Waals surface area contributed by atoms with Gasteiger partial charge in [-0.2, -0.15) is 10.3 Å². The van der Waals surface area contributed by atoms with Crippen molar-refractivity contribution in [2.45, 2.75) is 6.42 Å². The van der Waals surface area contributed by atoms with E-state index in [1.165, 1.54) is 6.20 Å². The van der Waals surface area contributed by atoms with Crippen molar-refractivity contribution in [2.24, 2.45) is 0 Å². The average molecular weight is 268 g/mol. The molecule has 0 saturated heterocycles. The Hall–Kier alpha value is -2.96. The predicted octanol–water partition coefficient (Wildman–Crippen LogP) is 1.17. The second-order valence-corrected chi connectivity index (χ2v) is 4.22. The molecule has 2 aromatic heterocycles. The molecule has 0 radical (unpaired) electrons. The molecule has 0 aliphatic rings. The Balaban J connectivity index is 1.65. The van der Waals surface area contributed by atoms with Crippen molar-refractivity contribution in [1.82, 2.24) is 25.0 Å². The molecule has 0 spiro atoms. The smallest absolute Gasteiger partial charge is 0.230 e. The molecule has 0 fully saturated rings. The highest BCUT2D eigenvalue weighted by molar-refractivity contribution is 5.91. The van der Waals surface area contributed by atoms with E-state index < -0.39 is 0 Å². The molecule has 0 bridgehead atoms. The van der Waals surface area contributed by atoms with Crippen LogP contribution in [0.15, 0.2) is 49.2 Å². The maximum atomic E-state index is 11.8. The molecule has 7 heteroatoms. The van der Waals surface area contributed by atoms with Gasteiger partial charge in [-0.25, -0.2) is 4.98 Å². The molecule has 0 saturated carbocycles. The summed E-state index contributed by atoms with van der Waals surface area (Å²) in [5.74, 6) is 0.291. The molecule has 20 heavy (non-hydrogen) atoms. The van der Waals surface area contributed by atoms with E-state index in [-0.39, 0.29) is 12.3 Å². The fourth-order valence-electron chi connectivity index (χ4n) is 1.83. The number of amides is 1. The number of benzene rings is 1. The first-order chi connectivity index (χ1) is 9.81. The SMILES string of the molecule is O=C(Cc1ccc(-n2ccnc2)cc1)Nc1cn[nH]n1. The van der Waals surface area contributed by atoms with Gasteiger partial charge in [-0.3, -0.25) is 4.79 Å². The van der Waals surface area contributed by atoms with Crippen LogP contribution in [0.2, 0.25) is 0 Å². The Bertz CT molecular complexity index is 672. The molecule has 100 valence electrons. The van der Waals surface area contributed by atoms with Crippen molar-refractivity contribution in [1.29, 1.82) is 0 Å². The van der Waals surface area contributed by atoms with Gasteiger partial charge in [0.15, 0.2) is 5.82 Å². The first kappa shape index (κ1) is 12.1. The maximum absolute atomic E-state index is 11.8. The summed E-state index contributed by atoms with van der Waals surface area (Å²) >= 11 is 0. The second-order valence-electron chi connectivity index (χ2n) is 4.22. The molecule has 0 atom stereocenters. The number of imidazole rings is 1. The number of hydrogen-bond acceptors (Lipinski definition) is 4. The van der Waals surface area contributed by atoms with E-state index in [4.69, 9.17) is 0 Å². The van der Waals surface area contributed by atoms with E-state index in [0.717, 1.165) is 11.3 Å². The topological polar surface area (TPSA) is 88.5 Å². The third-order valence-corrected chi connectivity index (χ3v) is 2.79. The summed E-state index contributed by atoms with van der Waals surface area (Å²) in [5, 5.41) is 12.5. The van der Waals surface area contributed by atoms with Crippen molar-refractivity contribution in [3.05, 3.63) is 54.7 Å². The van der Waals surface area contributed by atoms with E-state index in [1.54, 1.807) is 12.5 Å². The van der Waals surface area contributed by atoms with Crippen molar-refractivity contribution in [3.8, 4) is 5.69 Å². The highest BCUT2D eigenvalue weighted by atomic mass is 16.1. The zero-order valence-electron chi connectivity index (χ0n) is 10.5. The number of aromatic amines is 1. The van der Waals surface area contributed by atoms with Gasteiger partial charge in [-0.1, -0.05) is 12.1 Å². The van der Waals surface area contributed by atoms with Crippen LogP contribution in [-0.2, 0) is 11.2 Å². The first-order valence-electron chi connectivity index (χ1n) is 6.04. The lowest BCUT2D eigenvalue weighted by molar-refractivity contribution is -0.115. The highest BCUT2D eigenvalue weighted by Gasteiger charge is 2.06. The van der Waals surface area contributed by atoms with Gasteiger partial charge in [-0.05, 0) is 17.7 Å². The van der Waals surface area contributed by atoms with E-state index in [9.17, 15) is 4.79 Å². The third-order valence-electron chi connectivity index (χ3n) is 2.79. The van der Waals surface area contributed by atoms with Crippen LogP contribution in [0.25, 0.3) is 5.69 Å². The molecule has 7 nitrogen and oxygen atoms in total. The standard InChI is InChI=1S/C13H12N6O/c20-13(16-12-8-15-18-17-12)7-10-1-3-11(4-2-10)19-6-5-14-9-19/h1-6,8-9H,7H2,(H2,15,16,17,18,20). The van der Waals surface area contributed by atoms with Crippen LogP contribution in [-0.4, -0.2) is 30.9 Å². The largest absolute Gasteiger partial charge is 0.308 e. The third kappa shape index (κ3) is 2.72. The van der Waals surface area contributed by atoms with Gasteiger partial charge in [0.1, 0.15) is 0 Å². The number of nitrogens with zero attached hydrogens (tertiary/aromatic N) is 4. The lowest BCUT2D eigenvalue weighted by atomic mass is 10.1. The van der Waals surface area contributed by atoms with Crippen LogP contribution in [0.4, 0.5) is 5.82 Å². The van der Waals surface area contributed by atoms with Crippen molar-refractivity contribution in [2.75, 3.05) is 5.32 Å². The van der Waals surface area contributed by atoms with Crippen molar-refractivity contribution in [3.63, 3.8) is 0 Å². The summed E-state index contributed by atoms with van der Waals surface area (Å²) in [6, 6.07) is 7.72. The Morgan fingerprint density at radius 2 is 2.15 bits per heavy atom. The molecular weight excluding hydrogens is 256 g/mol. The summed E-state index contributed by atoms with van der Waals surface area (Å²) in [4.78, 5) is 15.8. The second kappa shape index (κ2) is 5.35. The number of nitrogens with one attached hydrogen (secondary N) is 2. The van der Waals surface area contributed by atoms with Crippen LogP contribution in [0, 0.1) is 0 Å². The predicted molar refractivity (Wildman–Crippen MR) is 72.3 cm³/mol. The molecule has 1 aromatic carbocycles. The zero-order valence-corrected chi connectivity index (χ0v) is 10.5. The number of hydrogen-bond donors (Lipinski definition) is 2. The van der Waals surface area contributed by atoms with Crippen LogP contribution < -0.4 is 5.32 Å². The fourth-order valence-corrected chi connectivity index (χ4v) is 1.83. The van der Waals surface area contributed by atoms with Crippen LogP contribution in [0.5, 0.6) is 0 Å². The Morgan fingerprint density at radius 3 is 2.80 bits per heavy atom. The molecular formula is C13H12N6O. The number of aromatic nitrogens is 5. The van der Waals surface area contributed by atoms with Gasteiger partial charge in [0.25, 0.3) is 0 Å². The summed E-state index contributed by atoms with van der Waals surface area (Å²) in [7, 11) is 0. The number of anilines is 1. The van der Waals surface area contributed by atoms with Crippen molar-refractivity contribution >= 4 is 11.7 Å². The Morgan fingerprint density at radius 1 is 1.30 bits per heavy atom. The monoisotopic (exact) mass is 268 g/mol. The maximum Gasteiger partial charge on any atom is 0.230 e. The van der Waals surface area contributed by atoms with E-state index in [1.807, 2.05) is 35.0 Å². The molecule has 3 rings (SSSR count). The molecule has 0 unspecified atom stereocenters. The summed E-state index contributed by atoms with van der Waals surface area (Å²) in [5.41, 5.74) is 1.93. The number of carbonyl (C=O) groups is 1. The molecule has 0 aliphatic heterocycles. The van der Waals surface area contributed by atoms with E-state index in [2.05, 4.69) is 25.7 Å². The van der Waals surface area contributed by atoms with E-state index in [0.29, 0.717) is 5.82 Å². The Labute approximate surface area is 114 Å². The molecule has 2 N–H and O–H groups in total. The quantitative estimate of drug-likeness (QED) is 0.743. The lowest BCUT2D eigenvalue weighted by Crippen LogP contribution is -2.14. The fraction of sp³-hybridized carbons (Fsp3) is 0.0769. The highest BCUT2D eigenvalue weighted by Crippen LogP contribution is 2.10. The van der Waals surface area contributed by atoms with Crippen LogP contribution in [0.1, 0.15) is 5.56 Å². The van der Waals surface area contributed by atoms with Gasteiger partial charge in [-0.15, -0.1) is 5.10 Å². The number of H-pyrrole nitrogens is 1. The van der Waals surface area contributed by atoms with Gasteiger partial charge in [0.2, 0.25) is 5.91 Å². The number of carbonyl (C=O) groups excluding carboxylic acids is 1. The summed E-state index contributed by atoms with van der Waals surface area (Å²) in [6.45, 7) is 0. The minimum absolute atomic E-state index is 0.130. The first-order valence-corrected chi connectivity index (χ1v) is 6.04. The van der Waals surface area contributed by atoms with Gasteiger partial charge in [0, 0.05) is 18.1 Å². The van der Waals surface area contributed by atoms with Gasteiger partial charge in [0.05, 0.1) is 18.9 Å².